The minimum absolute atomic E-state index is 0.0336. The van der Waals surface area contributed by atoms with Crippen LogP contribution in [0.1, 0.15) is 18.9 Å². The number of nitrogens with one attached hydrogen (secondary N) is 1. The molecule has 2 unspecified atom stereocenters. The molecular weight excluding hydrogens is 256 g/mol. The summed E-state index contributed by atoms with van der Waals surface area (Å²) in [7, 11) is 0. The highest BCUT2D eigenvalue weighted by atomic mass is 35.5. The molecule has 2 atom stereocenters. The fourth-order valence-corrected chi connectivity index (χ4v) is 2.55. The quantitative estimate of drug-likeness (QED) is 0.810. The van der Waals surface area contributed by atoms with E-state index in [2.05, 4.69) is 5.32 Å². The number of thiocarbonyl (C=S) groups is 1. The van der Waals surface area contributed by atoms with Gasteiger partial charge in [-0.2, -0.15) is 0 Å². The van der Waals surface area contributed by atoms with Gasteiger partial charge >= 0.3 is 0 Å². The van der Waals surface area contributed by atoms with E-state index in [1.165, 1.54) is 0 Å². The third kappa shape index (κ3) is 2.42. The van der Waals surface area contributed by atoms with Gasteiger partial charge in [-0.25, -0.2) is 0 Å². The Morgan fingerprint density at radius 1 is 1.59 bits per heavy atom. The third-order valence-electron chi connectivity index (χ3n) is 3.03. The summed E-state index contributed by atoms with van der Waals surface area (Å²) in [4.78, 5) is 11.8. The summed E-state index contributed by atoms with van der Waals surface area (Å²) in [5.41, 5.74) is 7.10. The molecule has 2 rings (SSSR count). The van der Waals surface area contributed by atoms with Gasteiger partial charge in [0.2, 0.25) is 5.91 Å². The van der Waals surface area contributed by atoms with E-state index in [0.29, 0.717) is 5.02 Å². The molecule has 1 heterocycles. The van der Waals surface area contributed by atoms with Crippen molar-refractivity contribution in [2.45, 2.75) is 19.4 Å². The number of primary amides is 1. The minimum atomic E-state index is -0.324. The SMILES string of the molecule is CC1C(=S)c2cc(Cl)ccc2NC1CC(N)=O. The topological polar surface area (TPSA) is 55.1 Å². The zero-order valence-corrected chi connectivity index (χ0v) is 10.9. The molecule has 1 aliphatic heterocycles. The zero-order valence-electron chi connectivity index (χ0n) is 9.37. The summed E-state index contributed by atoms with van der Waals surface area (Å²) in [6.45, 7) is 1.99. The van der Waals surface area contributed by atoms with Crippen molar-refractivity contribution in [3.8, 4) is 0 Å². The molecule has 0 saturated heterocycles. The second kappa shape index (κ2) is 4.63. The highest BCUT2D eigenvalue weighted by molar-refractivity contribution is 7.81. The predicted octanol–water partition coefficient (Wildman–Crippen LogP) is 2.36. The van der Waals surface area contributed by atoms with Gasteiger partial charge in [-0.05, 0) is 18.2 Å². The second-order valence-electron chi connectivity index (χ2n) is 4.26. The van der Waals surface area contributed by atoms with E-state index < -0.39 is 0 Å². The van der Waals surface area contributed by atoms with Crippen LogP contribution in [0.25, 0.3) is 0 Å². The van der Waals surface area contributed by atoms with E-state index in [9.17, 15) is 4.79 Å². The number of anilines is 1. The lowest BCUT2D eigenvalue weighted by Crippen LogP contribution is -2.40. The van der Waals surface area contributed by atoms with Gasteiger partial charge in [0, 0.05) is 39.5 Å². The Morgan fingerprint density at radius 3 is 2.94 bits per heavy atom. The van der Waals surface area contributed by atoms with Crippen molar-refractivity contribution < 1.29 is 4.79 Å². The van der Waals surface area contributed by atoms with Crippen molar-refractivity contribution in [2.75, 3.05) is 5.32 Å². The van der Waals surface area contributed by atoms with E-state index in [4.69, 9.17) is 29.6 Å². The van der Waals surface area contributed by atoms with Crippen molar-refractivity contribution in [1.82, 2.24) is 0 Å². The number of rotatable bonds is 2. The lowest BCUT2D eigenvalue weighted by Gasteiger charge is -2.32. The Bertz CT molecular complexity index is 489. The van der Waals surface area contributed by atoms with Crippen LogP contribution in [0.5, 0.6) is 0 Å². The zero-order chi connectivity index (χ0) is 12.6. The molecule has 1 aliphatic rings. The lowest BCUT2D eigenvalue weighted by molar-refractivity contribution is -0.118. The summed E-state index contributed by atoms with van der Waals surface area (Å²) < 4.78 is 0. The third-order valence-corrected chi connectivity index (χ3v) is 3.85. The van der Waals surface area contributed by atoms with Gasteiger partial charge in [0.05, 0.1) is 0 Å². The fraction of sp³-hybridized carbons (Fsp3) is 0.333. The molecule has 0 aliphatic carbocycles. The van der Waals surface area contributed by atoms with Crippen LogP contribution >= 0.6 is 23.8 Å². The molecular formula is C12H13ClN2OS. The average molecular weight is 269 g/mol. The van der Waals surface area contributed by atoms with Gasteiger partial charge in [-0.1, -0.05) is 30.7 Å². The standard InChI is InChI=1S/C12H13ClN2OS/c1-6-10(5-11(14)16)15-9-3-2-7(13)4-8(9)12(6)17/h2-4,6,10,15H,5H2,1H3,(H2,14,16). The number of hydrogen-bond donors (Lipinski definition) is 2. The Labute approximate surface area is 110 Å². The van der Waals surface area contributed by atoms with Gasteiger partial charge in [-0.15, -0.1) is 0 Å². The Kier molecular flexibility index (Phi) is 3.35. The predicted molar refractivity (Wildman–Crippen MR) is 73.5 cm³/mol. The summed E-state index contributed by atoms with van der Waals surface area (Å²) in [5, 5.41) is 3.95. The fourth-order valence-electron chi connectivity index (χ4n) is 2.04. The monoisotopic (exact) mass is 268 g/mol. The van der Waals surface area contributed by atoms with E-state index in [1.54, 1.807) is 6.07 Å². The van der Waals surface area contributed by atoms with Gasteiger partial charge in [-0.3, -0.25) is 4.79 Å². The smallest absolute Gasteiger partial charge is 0.219 e. The highest BCUT2D eigenvalue weighted by Crippen LogP contribution is 2.32. The first-order valence-electron chi connectivity index (χ1n) is 5.37. The van der Waals surface area contributed by atoms with Crippen molar-refractivity contribution in [3.05, 3.63) is 28.8 Å². The Hall–Kier alpha value is -1.13. The van der Waals surface area contributed by atoms with Gasteiger partial charge < -0.3 is 11.1 Å². The molecule has 3 nitrogen and oxygen atoms in total. The molecule has 0 saturated carbocycles. The number of amides is 1. The van der Waals surface area contributed by atoms with Crippen molar-refractivity contribution in [1.29, 1.82) is 0 Å². The summed E-state index contributed by atoms with van der Waals surface area (Å²) in [6, 6.07) is 5.49. The Balaban J connectivity index is 2.35. The molecule has 0 fully saturated rings. The van der Waals surface area contributed by atoms with Crippen molar-refractivity contribution in [3.63, 3.8) is 0 Å². The number of fused-ring (bicyclic) bond motifs is 1. The molecule has 1 amide bonds. The van der Waals surface area contributed by atoms with Crippen LogP contribution in [0.3, 0.4) is 0 Å². The van der Waals surface area contributed by atoms with Gasteiger partial charge in [0.15, 0.2) is 0 Å². The highest BCUT2D eigenvalue weighted by Gasteiger charge is 2.30. The molecule has 90 valence electrons. The maximum absolute atomic E-state index is 11.0. The van der Waals surface area contributed by atoms with E-state index >= 15 is 0 Å². The van der Waals surface area contributed by atoms with Gasteiger partial charge in [0.1, 0.15) is 0 Å². The lowest BCUT2D eigenvalue weighted by atomic mass is 9.86. The first kappa shape index (κ1) is 12.3. The summed E-state index contributed by atoms with van der Waals surface area (Å²) in [6.07, 6.45) is 0.281. The number of benzene rings is 1. The summed E-state index contributed by atoms with van der Waals surface area (Å²) in [5.74, 6) is -0.238. The molecule has 0 bridgehead atoms. The first-order valence-corrected chi connectivity index (χ1v) is 6.16. The number of nitrogens with two attached hydrogens (primary N) is 1. The van der Waals surface area contributed by atoms with E-state index in [-0.39, 0.29) is 24.3 Å². The minimum Gasteiger partial charge on any atom is -0.381 e. The largest absolute Gasteiger partial charge is 0.381 e. The molecule has 0 radical (unpaired) electrons. The van der Waals surface area contributed by atoms with E-state index in [1.807, 2.05) is 19.1 Å². The first-order chi connectivity index (χ1) is 7.99. The maximum Gasteiger partial charge on any atom is 0.219 e. The number of hydrogen-bond acceptors (Lipinski definition) is 3. The normalized spacial score (nSPS) is 22.8. The summed E-state index contributed by atoms with van der Waals surface area (Å²) >= 11 is 11.4. The molecule has 0 spiro atoms. The van der Waals surface area contributed by atoms with E-state index in [0.717, 1.165) is 16.1 Å². The average Bonchev–Trinajstić information content (AvgIpc) is 2.26. The number of halogens is 1. The maximum atomic E-state index is 11.0. The van der Waals surface area contributed by atoms with Crippen LogP contribution in [0, 0.1) is 5.92 Å². The molecule has 0 aromatic heterocycles. The van der Waals surface area contributed by atoms with Crippen LogP contribution in [-0.2, 0) is 4.79 Å². The molecule has 1 aromatic rings. The molecule has 5 heteroatoms. The van der Waals surface area contributed by atoms with Crippen LogP contribution in [0.2, 0.25) is 5.02 Å². The number of carbonyl (C=O) groups is 1. The molecule has 1 aromatic carbocycles. The van der Waals surface area contributed by atoms with Gasteiger partial charge in [0.25, 0.3) is 0 Å². The second-order valence-corrected chi connectivity index (χ2v) is 5.14. The van der Waals surface area contributed by atoms with Crippen LogP contribution in [0.15, 0.2) is 18.2 Å². The Morgan fingerprint density at radius 2 is 2.29 bits per heavy atom. The van der Waals surface area contributed by atoms with Crippen LogP contribution < -0.4 is 11.1 Å². The molecule has 17 heavy (non-hydrogen) atoms. The number of carbonyl (C=O) groups excluding carboxylic acids is 1. The molecule has 3 N–H and O–H groups in total. The van der Waals surface area contributed by atoms with Crippen LogP contribution in [0.4, 0.5) is 5.69 Å². The van der Waals surface area contributed by atoms with Crippen LogP contribution in [-0.4, -0.2) is 16.8 Å². The van der Waals surface area contributed by atoms with Crippen molar-refractivity contribution in [2.24, 2.45) is 11.7 Å². The van der Waals surface area contributed by atoms with Crippen molar-refractivity contribution >= 4 is 40.3 Å².